The van der Waals surface area contributed by atoms with E-state index < -0.39 is 27.5 Å². The van der Waals surface area contributed by atoms with Crippen LogP contribution in [0.15, 0.2) is 0 Å². The van der Waals surface area contributed by atoms with Gasteiger partial charge in [-0.05, 0) is 42.4 Å². The number of thioether (sulfide) groups is 1. The van der Waals surface area contributed by atoms with E-state index in [0.29, 0.717) is 12.8 Å². The molecule has 12 heteroatoms. The van der Waals surface area contributed by atoms with Crippen LogP contribution in [-0.4, -0.2) is 62.6 Å². The first-order chi connectivity index (χ1) is 13.9. The summed E-state index contributed by atoms with van der Waals surface area (Å²) in [5, 5.41) is -0.343. The van der Waals surface area contributed by atoms with Crippen molar-refractivity contribution in [3.63, 3.8) is 0 Å². The second kappa shape index (κ2) is 8.88. The van der Waals surface area contributed by atoms with Crippen molar-refractivity contribution in [1.82, 2.24) is 4.90 Å². The molecule has 0 aromatic rings. The number of fused-ring (bicyclic) bond motifs is 2. The number of ether oxygens (including phenoxy) is 3. The highest BCUT2D eigenvalue weighted by Gasteiger charge is 2.70. The first-order valence-corrected chi connectivity index (χ1v) is 12.4. The fraction of sp³-hybridized carbons (Fsp3) is 0.833. The number of carbonyl (C=O) groups excluding carboxylic acids is 3. The topological polar surface area (TPSA) is 82.1 Å². The van der Waals surface area contributed by atoms with Crippen LogP contribution in [0.3, 0.4) is 0 Å². The van der Waals surface area contributed by atoms with E-state index >= 15 is 0 Å². The first-order valence-electron chi connectivity index (χ1n) is 9.44. The van der Waals surface area contributed by atoms with E-state index in [1.165, 1.54) is 12.0 Å². The minimum absolute atomic E-state index is 0.0481. The lowest BCUT2D eigenvalue weighted by molar-refractivity contribution is -0.165. The molecule has 3 aliphatic rings. The lowest BCUT2D eigenvalue weighted by Gasteiger charge is -2.43. The number of carbonyl (C=O) groups is 3. The van der Waals surface area contributed by atoms with Gasteiger partial charge in [-0.15, -0.1) is 0 Å². The number of hydrogen-bond donors (Lipinski definition) is 0. The lowest BCUT2D eigenvalue weighted by atomic mass is 9.67. The van der Waals surface area contributed by atoms with Gasteiger partial charge >= 0.3 is 5.97 Å². The van der Waals surface area contributed by atoms with Crippen molar-refractivity contribution < 1.29 is 28.6 Å². The summed E-state index contributed by atoms with van der Waals surface area (Å²) in [7, 11) is 1.47. The van der Waals surface area contributed by atoms with Gasteiger partial charge < -0.3 is 14.2 Å². The maximum atomic E-state index is 13.8. The molecule has 2 bridgehead atoms. The van der Waals surface area contributed by atoms with Gasteiger partial charge in [-0.25, -0.2) is 9.69 Å². The third-order valence-corrected chi connectivity index (χ3v) is 9.04. The number of esters is 1. The maximum absolute atomic E-state index is 13.8. The summed E-state index contributed by atoms with van der Waals surface area (Å²) in [5.74, 6) is -0.982. The molecule has 0 spiro atoms. The summed E-state index contributed by atoms with van der Waals surface area (Å²) in [6.07, 6.45) is 1.06. The fourth-order valence-corrected chi connectivity index (χ4v) is 7.03. The largest absolute Gasteiger partial charge is 0.460 e. The molecule has 0 N–H and O–H groups in total. The van der Waals surface area contributed by atoms with Crippen LogP contribution in [0, 0.1) is 16.7 Å². The molecule has 2 aliphatic carbocycles. The molecule has 1 aliphatic heterocycles. The van der Waals surface area contributed by atoms with Crippen LogP contribution in [0.4, 0.5) is 4.79 Å². The SMILES string of the molecule is CO[C@H]1[C@H](Br)SC(=O)N1C(=O)[C@]12CC[C@H](C[C@H]1OCCOC(=O)C(Cl)(Cl)Cl)C2(C)C. The zero-order valence-electron chi connectivity index (χ0n) is 16.7. The van der Waals surface area contributed by atoms with Gasteiger partial charge in [-0.2, -0.15) is 0 Å². The molecule has 5 atom stereocenters. The van der Waals surface area contributed by atoms with Crippen molar-refractivity contribution in [2.24, 2.45) is 16.7 Å². The molecule has 30 heavy (non-hydrogen) atoms. The Morgan fingerprint density at radius 2 is 1.97 bits per heavy atom. The molecular weight excluding hydrogens is 545 g/mol. The monoisotopic (exact) mass is 565 g/mol. The Morgan fingerprint density at radius 1 is 1.30 bits per heavy atom. The highest BCUT2D eigenvalue weighted by molar-refractivity contribution is 9.11. The van der Waals surface area contributed by atoms with Crippen molar-refractivity contribution in [3.8, 4) is 0 Å². The van der Waals surface area contributed by atoms with Gasteiger partial charge in [0.25, 0.3) is 9.03 Å². The van der Waals surface area contributed by atoms with Crippen LogP contribution in [-0.2, 0) is 23.8 Å². The second-order valence-corrected chi connectivity index (χ2v) is 13.2. The van der Waals surface area contributed by atoms with E-state index in [1.54, 1.807) is 0 Å². The number of halogens is 4. The van der Waals surface area contributed by atoms with E-state index in [2.05, 4.69) is 29.8 Å². The average molecular weight is 568 g/mol. The van der Waals surface area contributed by atoms with Crippen LogP contribution >= 0.6 is 62.5 Å². The number of hydrogen-bond acceptors (Lipinski definition) is 7. The number of methoxy groups -OCH3 is 1. The van der Waals surface area contributed by atoms with E-state index in [0.717, 1.165) is 18.2 Å². The van der Waals surface area contributed by atoms with Crippen LogP contribution in [0.25, 0.3) is 0 Å². The summed E-state index contributed by atoms with van der Waals surface area (Å²) in [6, 6.07) is 0. The molecule has 0 aromatic carbocycles. The number of alkyl halides is 4. The summed E-state index contributed by atoms with van der Waals surface area (Å²) < 4.78 is 13.9. The zero-order chi connectivity index (χ0) is 22.5. The summed E-state index contributed by atoms with van der Waals surface area (Å²) in [5.41, 5.74) is -1.24. The van der Waals surface area contributed by atoms with Crippen LogP contribution in [0.5, 0.6) is 0 Å². The fourth-order valence-electron chi connectivity index (χ4n) is 5.09. The first kappa shape index (κ1) is 24.9. The van der Waals surface area contributed by atoms with Crippen molar-refractivity contribution in [1.29, 1.82) is 0 Å². The average Bonchev–Trinajstić information content (AvgIpc) is 3.17. The van der Waals surface area contributed by atoms with E-state index in [9.17, 15) is 14.4 Å². The number of rotatable bonds is 6. The molecule has 1 heterocycles. The second-order valence-electron chi connectivity index (χ2n) is 8.19. The molecule has 2 saturated carbocycles. The van der Waals surface area contributed by atoms with Crippen molar-refractivity contribution in [2.75, 3.05) is 20.3 Å². The van der Waals surface area contributed by atoms with Gasteiger partial charge in [-0.1, -0.05) is 64.6 Å². The summed E-state index contributed by atoms with van der Waals surface area (Å²) in [4.78, 5) is 39.2. The Labute approximate surface area is 202 Å². The zero-order valence-corrected chi connectivity index (χ0v) is 21.3. The Morgan fingerprint density at radius 3 is 2.53 bits per heavy atom. The van der Waals surface area contributed by atoms with Crippen molar-refractivity contribution >= 4 is 79.6 Å². The minimum Gasteiger partial charge on any atom is -0.460 e. The molecular formula is C18H23BrCl3NO6S. The predicted octanol–water partition coefficient (Wildman–Crippen LogP) is 4.50. The third kappa shape index (κ3) is 4.01. The highest BCUT2D eigenvalue weighted by atomic mass is 79.9. The van der Waals surface area contributed by atoms with Gasteiger partial charge in [0.15, 0.2) is 6.23 Å². The van der Waals surface area contributed by atoms with Gasteiger partial charge in [0.2, 0.25) is 5.91 Å². The van der Waals surface area contributed by atoms with Gasteiger partial charge in [0, 0.05) is 7.11 Å². The molecule has 0 aromatic heterocycles. The van der Waals surface area contributed by atoms with Crippen molar-refractivity contribution in [2.45, 2.75) is 53.4 Å². The number of nitrogens with zero attached hydrogens (tertiary/aromatic N) is 1. The maximum Gasteiger partial charge on any atom is 0.358 e. The van der Waals surface area contributed by atoms with E-state index in [4.69, 9.17) is 49.0 Å². The van der Waals surface area contributed by atoms with Gasteiger partial charge in [-0.3, -0.25) is 9.59 Å². The Kier molecular flexibility index (Phi) is 7.36. The molecule has 3 rings (SSSR count). The standard InChI is InChI=1S/C18H23BrCl3NO6S/c1-16(2)9-4-5-17(16,13(24)23-12(27-3)11(19)30-15(23)26)10(8-9)28-6-7-29-14(25)18(20,21)22/h9-12H,4-8H2,1-3H3/t9-,10-,11-,12+,17+/m1/s1. The molecule has 7 nitrogen and oxygen atoms in total. The molecule has 0 radical (unpaired) electrons. The normalized spacial score (nSPS) is 35.2. The summed E-state index contributed by atoms with van der Waals surface area (Å²) >= 11 is 20.9. The van der Waals surface area contributed by atoms with E-state index in [-0.39, 0.29) is 39.9 Å². The minimum atomic E-state index is -2.15. The molecule has 170 valence electrons. The van der Waals surface area contributed by atoms with Crippen LogP contribution < -0.4 is 0 Å². The molecule has 2 amide bonds. The van der Waals surface area contributed by atoms with Crippen LogP contribution in [0.1, 0.15) is 33.1 Å². The van der Waals surface area contributed by atoms with Gasteiger partial charge in [0.1, 0.15) is 10.8 Å². The Balaban J connectivity index is 1.76. The smallest absolute Gasteiger partial charge is 0.358 e. The summed E-state index contributed by atoms with van der Waals surface area (Å²) in [6.45, 7) is 4.04. The Hall–Kier alpha value is 0.230. The predicted molar refractivity (Wildman–Crippen MR) is 118 cm³/mol. The van der Waals surface area contributed by atoms with Gasteiger partial charge in [0.05, 0.1) is 18.1 Å². The van der Waals surface area contributed by atoms with Crippen LogP contribution in [0.2, 0.25) is 0 Å². The highest BCUT2D eigenvalue weighted by Crippen LogP contribution is 2.67. The molecule has 0 unspecified atom stereocenters. The molecule has 1 saturated heterocycles. The Bertz CT molecular complexity index is 735. The molecule has 3 fully saturated rings. The third-order valence-electron chi connectivity index (χ3n) is 6.70. The quantitative estimate of drug-likeness (QED) is 0.266. The lowest BCUT2D eigenvalue weighted by Crippen LogP contribution is -2.56. The van der Waals surface area contributed by atoms with E-state index in [1.807, 2.05) is 0 Å². The number of imide groups is 1. The number of amides is 2. The van der Waals surface area contributed by atoms with Crippen molar-refractivity contribution in [3.05, 3.63) is 0 Å².